The molecule has 1 aliphatic carbocycles. The van der Waals surface area contributed by atoms with Crippen LogP contribution < -0.4 is 0 Å². The highest BCUT2D eigenvalue weighted by molar-refractivity contribution is 5.76. The number of carbonyl (C=O) groups excluding carboxylic acids is 1. The molecule has 2 heterocycles. The van der Waals surface area contributed by atoms with Gasteiger partial charge in [-0.2, -0.15) is 0 Å². The van der Waals surface area contributed by atoms with E-state index in [1.54, 1.807) is 0 Å². The number of aromatic nitrogens is 2. The predicted molar refractivity (Wildman–Crippen MR) is 67.3 cm³/mol. The van der Waals surface area contributed by atoms with Crippen molar-refractivity contribution in [1.29, 1.82) is 0 Å². The molecule has 6 nitrogen and oxygen atoms in total. The van der Waals surface area contributed by atoms with E-state index in [2.05, 4.69) is 9.55 Å². The van der Waals surface area contributed by atoms with Gasteiger partial charge < -0.3 is 14.4 Å². The molecule has 6 heteroatoms. The molecule has 1 saturated carbocycles. The van der Waals surface area contributed by atoms with Gasteiger partial charge in [-0.1, -0.05) is 0 Å². The Morgan fingerprint density at radius 3 is 3.05 bits per heavy atom. The number of ether oxygens (including phenoxy) is 1. The van der Waals surface area contributed by atoms with Crippen LogP contribution in [0, 0.1) is 0 Å². The molecule has 1 N–H and O–H groups in total. The second-order valence-electron chi connectivity index (χ2n) is 5.38. The minimum absolute atomic E-state index is 0.269. The molecule has 2 atom stereocenters. The van der Waals surface area contributed by atoms with Crippen LogP contribution in [0.4, 0.5) is 0 Å². The zero-order chi connectivity index (χ0) is 13.4. The minimum Gasteiger partial charge on any atom is -0.468 e. The molecule has 0 aromatic carbocycles. The molecule has 104 valence electrons. The third kappa shape index (κ3) is 2.50. The van der Waals surface area contributed by atoms with Crippen LogP contribution in [0.5, 0.6) is 0 Å². The normalized spacial score (nSPS) is 27.7. The summed E-state index contributed by atoms with van der Waals surface area (Å²) in [6.45, 7) is 1.14. The van der Waals surface area contributed by atoms with Crippen LogP contribution in [0.15, 0.2) is 12.5 Å². The van der Waals surface area contributed by atoms with Crippen molar-refractivity contribution in [2.45, 2.75) is 44.0 Å². The van der Waals surface area contributed by atoms with E-state index in [1.807, 2.05) is 17.4 Å². The summed E-state index contributed by atoms with van der Waals surface area (Å²) < 4.78 is 6.99. The average Bonchev–Trinajstić information content (AvgIpc) is 3.03. The number of esters is 1. The molecular weight excluding hydrogens is 246 g/mol. The molecule has 0 amide bonds. The highest BCUT2D eigenvalue weighted by Gasteiger charge is 2.37. The van der Waals surface area contributed by atoms with Crippen molar-refractivity contribution in [3.8, 4) is 0 Å². The van der Waals surface area contributed by atoms with Crippen molar-refractivity contribution >= 4 is 5.97 Å². The van der Waals surface area contributed by atoms with E-state index in [0.29, 0.717) is 25.6 Å². The van der Waals surface area contributed by atoms with Gasteiger partial charge in [0.25, 0.3) is 0 Å². The zero-order valence-electron chi connectivity index (χ0n) is 11.0. The number of β-amino-alcohol motifs (C(OH)–C–C–N with tert-alkyl or cyclic N) is 1. The first-order valence-electron chi connectivity index (χ1n) is 6.69. The van der Waals surface area contributed by atoms with Crippen molar-refractivity contribution in [3.05, 3.63) is 18.2 Å². The smallest absolute Gasteiger partial charge is 0.323 e. The van der Waals surface area contributed by atoms with Gasteiger partial charge in [-0.05, 0) is 12.8 Å². The first-order chi connectivity index (χ1) is 9.19. The largest absolute Gasteiger partial charge is 0.468 e. The molecule has 0 bridgehead atoms. The van der Waals surface area contributed by atoms with E-state index < -0.39 is 6.10 Å². The molecule has 2 unspecified atom stereocenters. The lowest BCUT2D eigenvalue weighted by Crippen LogP contribution is -2.36. The molecule has 2 aliphatic rings. The highest BCUT2D eigenvalue weighted by Crippen LogP contribution is 2.36. The summed E-state index contributed by atoms with van der Waals surface area (Å²) in [5, 5.41) is 9.76. The maximum atomic E-state index is 11.7. The fraction of sp³-hybridized carbons (Fsp3) is 0.692. The molecule has 1 aromatic rings. The Morgan fingerprint density at radius 2 is 2.37 bits per heavy atom. The van der Waals surface area contributed by atoms with Gasteiger partial charge in [-0.25, -0.2) is 4.98 Å². The SMILES string of the molecule is COC(=O)C1CC(O)CN1Cc1cncn1C1CC1. The Hall–Kier alpha value is -1.40. The first kappa shape index (κ1) is 12.6. The van der Waals surface area contributed by atoms with Crippen LogP contribution in [0.25, 0.3) is 0 Å². The second kappa shape index (κ2) is 4.94. The Bertz CT molecular complexity index is 469. The van der Waals surface area contributed by atoms with Crippen molar-refractivity contribution in [3.63, 3.8) is 0 Å². The molecular formula is C13H19N3O3. The van der Waals surface area contributed by atoms with Crippen LogP contribution in [0.3, 0.4) is 0 Å². The number of hydrogen-bond acceptors (Lipinski definition) is 5. The van der Waals surface area contributed by atoms with E-state index in [0.717, 1.165) is 5.69 Å². The third-order valence-corrected chi connectivity index (χ3v) is 3.91. The molecule has 0 spiro atoms. The quantitative estimate of drug-likeness (QED) is 0.794. The Kier molecular flexibility index (Phi) is 3.28. The van der Waals surface area contributed by atoms with Crippen LogP contribution in [-0.2, 0) is 16.1 Å². The predicted octanol–water partition coefficient (Wildman–Crippen LogP) is 0.326. The summed E-state index contributed by atoms with van der Waals surface area (Å²) in [6.07, 6.45) is 6.09. The summed E-state index contributed by atoms with van der Waals surface area (Å²) in [4.78, 5) is 17.9. The van der Waals surface area contributed by atoms with Crippen molar-refractivity contribution < 1.29 is 14.6 Å². The van der Waals surface area contributed by atoms with E-state index in [9.17, 15) is 9.90 Å². The summed E-state index contributed by atoms with van der Waals surface area (Å²) in [7, 11) is 1.39. The van der Waals surface area contributed by atoms with Crippen molar-refractivity contribution in [2.75, 3.05) is 13.7 Å². The third-order valence-electron chi connectivity index (χ3n) is 3.91. The zero-order valence-corrected chi connectivity index (χ0v) is 11.0. The van der Waals surface area contributed by atoms with E-state index in [4.69, 9.17) is 4.74 Å². The van der Waals surface area contributed by atoms with Gasteiger partial charge in [0.05, 0.1) is 25.2 Å². The number of likely N-dealkylation sites (tertiary alicyclic amines) is 1. The van der Waals surface area contributed by atoms with Crippen LogP contribution in [-0.4, -0.2) is 51.3 Å². The molecule has 1 aliphatic heterocycles. The molecule has 2 fully saturated rings. The number of aliphatic hydroxyl groups excluding tert-OH is 1. The molecule has 3 rings (SSSR count). The molecule has 1 saturated heterocycles. The minimum atomic E-state index is -0.457. The van der Waals surface area contributed by atoms with Crippen molar-refractivity contribution in [2.24, 2.45) is 0 Å². The number of rotatable bonds is 4. The molecule has 19 heavy (non-hydrogen) atoms. The molecule has 1 aromatic heterocycles. The Labute approximate surface area is 112 Å². The lowest BCUT2D eigenvalue weighted by Gasteiger charge is -2.22. The van der Waals surface area contributed by atoms with E-state index in [1.165, 1.54) is 20.0 Å². The summed E-state index contributed by atoms with van der Waals surface area (Å²) >= 11 is 0. The fourth-order valence-corrected chi connectivity index (χ4v) is 2.78. The Balaban J connectivity index is 1.73. The van der Waals surface area contributed by atoms with Crippen molar-refractivity contribution in [1.82, 2.24) is 14.5 Å². The summed E-state index contributed by atoms with van der Waals surface area (Å²) in [6, 6.07) is 0.226. The summed E-state index contributed by atoms with van der Waals surface area (Å²) in [5.74, 6) is -0.269. The number of methoxy groups -OCH3 is 1. The molecule has 0 radical (unpaired) electrons. The Morgan fingerprint density at radius 1 is 1.58 bits per heavy atom. The first-order valence-corrected chi connectivity index (χ1v) is 6.69. The standard InChI is InChI=1S/C13H19N3O3/c1-19-13(18)12-4-11(17)7-15(12)6-10-5-14-8-16(10)9-2-3-9/h5,8-9,11-12,17H,2-4,6-7H2,1H3. The number of aliphatic hydroxyl groups is 1. The fourth-order valence-electron chi connectivity index (χ4n) is 2.78. The lowest BCUT2D eigenvalue weighted by atomic mass is 10.2. The summed E-state index contributed by atoms with van der Waals surface area (Å²) in [5.41, 5.74) is 1.10. The van der Waals surface area contributed by atoms with Crippen LogP contribution in [0.1, 0.15) is 31.0 Å². The van der Waals surface area contributed by atoms with Gasteiger partial charge in [0.2, 0.25) is 0 Å². The topological polar surface area (TPSA) is 67.6 Å². The van der Waals surface area contributed by atoms with Gasteiger partial charge in [-0.15, -0.1) is 0 Å². The van der Waals surface area contributed by atoms with Gasteiger partial charge >= 0.3 is 5.97 Å². The number of nitrogens with zero attached hydrogens (tertiary/aromatic N) is 3. The van der Waals surface area contributed by atoms with E-state index in [-0.39, 0.29) is 12.0 Å². The number of imidazole rings is 1. The van der Waals surface area contributed by atoms with Crippen LogP contribution in [0.2, 0.25) is 0 Å². The maximum Gasteiger partial charge on any atom is 0.323 e. The number of hydrogen-bond donors (Lipinski definition) is 1. The van der Waals surface area contributed by atoms with Crippen LogP contribution >= 0.6 is 0 Å². The monoisotopic (exact) mass is 265 g/mol. The lowest BCUT2D eigenvalue weighted by molar-refractivity contribution is -0.146. The van der Waals surface area contributed by atoms with Gasteiger partial charge in [0.1, 0.15) is 6.04 Å². The van der Waals surface area contributed by atoms with Gasteiger partial charge in [-0.3, -0.25) is 9.69 Å². The average molecular weight is 265 g/mol. The second-order valence-corrected chi connectivity index (χ2v) is 5.38. The van der Waals surface area contributed by atoms with Gasteiger partial charge in [0.15, 0.2) is 0 Å². The van der Waals surface area contributed by atoms with Gasteiger partial charge in [0, 0.05) is 31.7 Å². The number of carbonyl (C=O) groups is 1. The van der Waals surface area contributed by atoms with E-state index >= 15 is 0 Å². The highest BCUT2D eigenvalue weighted by atomic mass is 16.5. The maximum absolute atomic E-state index is 11.7.